The minimum absolute atomic E-state index is 0.265. The molecule has 7 nitrogen and oxygen atoms in total. The molecular formula is C25H26N4O3. The SMILES string of the molecule is COc1cccc(CN(CC2CCC/C(=C\n3cnc4ccc(C#N)cc43)C2)C(=O)O)c1. The van der Waals surface area contributed by atoms with Crippen molar-refractivity contribution in [3.63, 3.8) is 0 Å². The van der Waals surface area contributed by atoms with Crippen molar-refractivity contribution in [1.82, 2.24) is 14.5 Å². The molecule has 1 saturated carbocycles. The summed E-state index contributed by atoms with van der Waals surface area (Å²) in [5.74, 6) is 0.990. The zero-order valence-electron chi connectivity index (χ0n) is 18.1. The van der Waals surface area contributed by atoms with Crippen LogP contribution in [0.1, 0.15) is 36.8 Å². The highest BCUT2D eigenvalue weighted by atomic mass is 16.5. The topological polar surface area (TPSA) is 91.4 Å². The van der Waals surface area contributed by atoms with Crippen LogP contribution in [-0.4, -0.2) is 39.3 Å². The molecule has 0 spiro atoms. The number of fused-ring (bicyclic) bond motifs is 1. The summed E-state index contributed by atoms with van der Waals surface area (Å²) in [4.78, 5) is 17.8. The summed E-state index contributed by atoms with van der Waals surface area (Å²) in [6.45, 7) is 0.832. The van der Waals surface area contributed by atoms with E-state index in [1.54, 1.807) is 19.5 Å². The lowest BCUT2D eigenvalue weighted by Crippen LogP contribution is -2.34. The van der Waals surface area contributed by atoms with Crippen molar-refractivity contribution < 1.29 is 14.6 Å². The van der Waals surface area contributed by atoms with Crippen molar-refractivity contribution in [2.45, 2.75) is 32.2 Å². The van der Waals surface area contributed by atoms with Crippen molar-refractivity contribution in [3.8, 4) is 11.8 Å². The second-order valence-corrected chi connectivity index (χ2v) is 8.23. The van der Waals surface area contributed by atoms with Crippen LogP contribution in [0.4, 0.5) is 4.79 Å². The molecule has 7 heteroatoms. The maximum absolute atomic E-state index is 11.9. The highest BCUT2D eigenvalue weighted by Gasteiger charge is 2.23. The third kappa shape index (κ3) is 4.92. The Balaban J connectivity index is 1.48. The number of imidazole rings is 1. The van der Waals surface area contributed by atoms with E-state index in [1.165, 1.54) is 10.5 Å². The van der Waals surface area contributed by atoms with Gasteiger partial charge in [-0.05, 0) is 67.5 Å². The minimum atomic E-state index is -0.909. The molecule has 1 N–H and O–H groups in total. The Morgan fingerprint density at radius 2 is 2.25 bits per heavy atom. The van der Waals surface area contributed by atoms with Gasteiger partial charge in [-0.1, -0.05) is 17.7 Å². The largest absolute Gasteiger partial charge is 0.497 e. The van der Waals surface area contributed by atoms with Gasteiger partial charge in [0.05, 0.1) is 36.1 Å². The first-order valence-corrected chi connectivity index (χ1v) is 10.7. The Bertz CT molecular complexity index is 1190. The van der Waals surface area contributed by atoms with Gasteiger partial charge >= 0.3 is 6.09 Å². The third-order valence-electron chi connectivity index (χ3n) is 5.94. The molecule has 1 aromatic heterocycles. The van der Waals surface area contributed by atoms with E-state index >= 15 is 0 Å². The monoisotopic (exact) mass is 430 g/mol. The van der Waals surface area contributed by atoms with Gasteiger partial charge in [0.25, 0.3) is 0 Å². The molecule has 1 heterocycles. The predicted molar refractivity (Wildman–Crippen MR) is 122 cm³/mol. The molecule has 1 atom stereocenters. The van der Waals surface area contributed by atoms with E-state index in [0.29, 0.717) is 18.7 Å². The molecule has 4 rings (SSSR count). The van der Waals surface area contributed by atoms with Crippen LogP contribution in [0.15, 0.2) is 54.4 Å². The number of ether oxygens (including phenoxy) is 1. The van der Waals surface area contributed by atoms with E-state index in [-0.39, 0.29) is 5.92 Å². The van der Waals surface area contributed by atoms with Gasteiger partial charge in [0, 0.05) is 19.3 Å². The summed E-state index contributed by atoms with van der Waals surface area (Å²) >= 11 is 0. The smallest absolute Gasteiger partial charge is 0.407 e. The number of carboxylic acid groups (broad SMARTS) is 1. The van der Waals surface area contributed by atoms with Crippen LogP contribution in [0, 0.1) is 17.2 Å². The first kappa shape index (κ1) is 21.4. The number of amides is 1. The number of rotatable bonds is 6. The van der Waals surface area contributed by atoms with Crippen molar-refractivity contribution in [1.29, 1.82) is 5.26 Å². The summed E-state index contributed by atoms with van der Waals surface area (Å²) in [7, 11) is 1.61. The molecule has 3 aromatic rings. The second-order valence-electron chi connectivity index (χ2n) is 8.23. The van der Waals surface area contributed by atoms with Gasteiger partial charge in [-0.25, -0.2) is 9.78 Å². The lowest BCUT2D eigenvalue weighted by molar-refractivity contribution is 0.130. The summed E-state index contributed by atoms with van der Waals surface area (Å²) in [5.41, 5.74) is 4.55. The summed E-state index contributed by atoms with van der Waals surface area (Å²) < 4.78 is 7.23. The number of methoxy groups -OCH3 is 1. The van der Waals surface area contributed by atoms with Gasteiger partial charge < -0.3 is 19.3 Å². The fourth-order valence-corrected chi connectivity index (χ4v) is 4.37. The molecular weight excluding hydrogens is 404 g/mol. The van der Waals surface area contributed by atoms with Crippen LogP contribution in [0.2, 0.25) is 0 Å². The van der Waals surface area contributed by atoms with Crippen molar-refractivity contribution in [3.05, 3.63) is 65.5 Å². The summed E-state index contributed by atoms with van der Waals surface area (Å²) in [5, 5.41) is 19.0. The van der Waals surface area contributed by atoms with E-state index in [4.69, 9.17) is 4.74 Å². The quantitative estimate of drug-likeness (QED) is 0.585. The van der Waals surface area contributed by atoms with Crippen molar-refractivity contribution in [2.24, 2.45) is 5.92 Å². The molecule has 1 aliphatic rings. The molecule has 1 amide bonds. The predicted octanol–water partition coefficient (Wildman–Crippen LogP) is 5.13. The van der Waals surface area contributed by atoms with Gasteiger partial charge in [-0.2, -0.15) is 5.26 Å². The number of nitriles is 1. The number of nitrogens with zero attached hydrogens (tertiary/aromatic N) is 4. The van der Waals surface area contributed by atoms with Gasteiger partial charge in [0.2, 0.25) is 0 Å². The molecule has 0 radical (unpaired) electrons. The average molecular weight is 431 g/mol. The molecule has 0 saturated heterocycles. The van der Waals surface area contributed by atoms with E-state index in [0.717, 1.165) is 48.0 Å². The average Bonchev–Trinajstić information content (AvgIpc) is 3.20. The van der Waals surface area contributed by atoms with E-state index in [1.807, 2.05) is 41.0 Å². The van der Waals surface area contributed by atoms with E-state index in [9.17, 15) is 15.2 Å². The van der Waals surface area contributed by atoms with E-state index in [2.05, 4.69) is 17.3 Å². The number of hydrogen-bond acceptors (Lipinski definition) is 4. The molecule has 0 aliphatic heterocycles. The second kappa shape index (κ2) is 9.56. The number of aromatic nitrogens is 2. The summed E-state index contributed by atoms with van der Waals surface area (Å²) in [6.07, 6.45) is 6.82. The standard InChI is InChI=1S/C25H26N4O3/c1-32-22-7-3-6-21(11-22)15-28(25(30)31)14-19-4-2-5-20(10-19)16-29-17-27-23-9-8-18(13-26)12-24(23)29/h3,6-9,11-12,16-17,19H,2,4-5,10,14-15H2,1H3,(H,30,31)/b20-16+. The fourth-order valence-electron chi connectivity index (χ4n) is 4.37. The van der Waals surface area contributed by atoms with Crippen LogP contribution < -0.4 is 4.74 Å². The van der Waals surface area contributed by atoms with Crippen LogP contribution in [-0.2, 0) is 6.54 Å². The normalized spacial score (nSPS) is 17.2. The van der Waals surface area contributed by atoms with Crippen LogP contribution in [0.5, 0.6) is 5.75 Å². The Hall–Kier alpha value is -3.79. The van der Waals surface area contributed by atoms with Gasteiger partial charge in [-0.15, -0.1) is 0 Å². The maximum atomic E-state index is 11.9. The zero-order valence-corrected chi connectivity index (χ0v) is 18.1. The summed E-state index contributed by atoms with van der Waals surface area (Å²) in [6, 6.07) is 15.2. The Labute approximate surface area is 187 Å². The molecule has 0 bridgehead atoms. The van der Waals surface area contributed by atoms with Gasteiger partial charge in [0.15, 0.2) is 0 Å². The zero-order chi connectivity index (χ0) is 22.5. The van der Waals surface area contributed by atoms with Crippen LogP contribution in [0.3, 0.4) is 0 Å². The minimum Gasteiger partial charge on any atom is -0.497 e. The molecule has 1 fully saturated rings. The first-order valence-electron chi connectivity index (χ1n) is 10.7. The van der Waals surface area contributed by atoms with Gasteiger partial charge in [-0.3, -0.25) is 0 Å². The van der Waals surface area contributed by atoms with Crippen molar-refractivity contribution >= 4 is 23.3 Å². The first-order chi connectivity index (χ1) is 15.6. The number of hydrogen-bond donors (Lipinski definition) is 1. The van der Waals surface area contributed by atoms with Crippen LogP contribution in [0.25, 0.3) is 17.2 Å². The number of allylic oxidation sites excluding steroid dienone is 1. The number of carbonyl (C=O) groups is 1. The number of benzene rings is 2. The highest BCUT2D eigenvalue weighted by molar-refractivity contribution is 5.79. The molecule has 2 aromatic carbocycles. The Morgan fingerprint density at radius 1 is 1.38 bits per heavy atom. The van der Waals surface area contributed by atoms with Crippen molar-refractivity contribution in [2.75, 3.05) is 13.7 Å². The maximum Gasteiger partial charge on any atom is 0.407 e. The Morgan fingerprint density at radius 3 is 3.03 bits per heavy atom. The lowest BCUT2D eigenvalue weighted by atomic mass is 9.85. The Kier molecular flexibility index (Phi) is 6.41. The van der Waals surface area contributed by atoms with E-state index < -0.39 is 6.09 Å². The highest BCUT2D eigenvalue weighted by Crippen LogP contribution is 2.31. The molecule has 32 heavy (non-hydrogen) atoms. The molecule has 1 aliphatic carbocycles. The molecule has 1 unspecified atom stereocenters. The third-order valence-corrected chi connectivity index (χ3v) is 5.94. The fraction of sp³-hybridized carbons (Fsp3) is 0.320. The van der Waals surface area contributed by atoms with Gasteiger partial charge in [0.1, 0.15) is 5.75 Å². The lowest BCUT2D eigenvalue weighted by Gasteiger charge is -2.29. The van der Waals surface area contributed by atoms with Crippen LogP contribution >= 0.6 is 0 Å². The molecule has 164 valence electrons.